The summed E-state index contributed by atoms with van der Waals surface area (Å²) in [5, 5.41) is 0. The van der Waals surface area contributed by atoms with Crippen LogP contribution in [0.25, 0.3) is 0 Å². The van der Waals surface area contributed by atoms with Crippen LogP contribution in [0.2, 0.25) is 0 Å². The Hall–Kier alpha value is -1.66. The van der Waals surface area contributed by atoms with Crippen LogP contribution in [0.15, 0.2) is 41.3 Å². The zero-order chi connectivity index (χ0) is 14.3. The molecule has 0 aliphatic rings. The molecule has 0 atom stereocenters. The van der Waals surface area contributed by atoms with Gasteiger partial charge in [-0.3, -0.25) is 9.35 Å². The average Bonchev–Trinajstić information content (AvgIpc) is 2.34. The normalized spacial score (nSPS) is 11.7. The maximum Gasteiger partial charge on any atom is 0.311 e. The lowest BCUT2D eigenvalue weighted by atomic mass is 10.2. The molecule has 1 N–H and O–H groups in total. The Morgan fingerprint density at radius 1 is 1.26 bits per heavy atom. The first kappa shape index (κ1) is 15.4. The molecule has 0 saturated carbocycles. The first-order valence-electron chi connectivity index (χ1n) is 5.86. The lowest BCUT2D eigenvalue weighted by Crippen LogP contribution is -2.07. The molecule has 0 bridgehead atoms. The summed E-state index contributed by atoms with van der Waals surface area (Å²) in [7, 11) is -4.22. The monoisotopic (exact) mass is 284 g/mol. The first-order chi connectivity index (χ1) is 8.93. The molecule has 104 valence electrons. The minimum Gasteiger partial charge on any atom is -0.427 e. The van der Waals surface area contributed by atoms with Crippen molar-refractivity contribution in [1.29, 1.82) is 0 Å². The van der Waals surface area contributed by atoms with Gasteiger partial charge in [0.1, 0.15) is 5.75 Å². The van der Waals surface area contributed by atoms with Crippen LogP contribution in [0.3, 0.4) is 0 Å². The highest BCUT2D eigenvalue weighted by molar-refractivity contribution is 7.85. The van der Waals surface area contributed by atoms with E-state index in [0.29, 0.717) is 6.42 Å². The Bertz CT molecular complexity index is 543. The number of ether oxygens (including phenoxy) is 1. The Balaban J connectivity index is 2.54. The number of hydrogen-bond acceptors (Lipinski definition) is 4. The van der Waals surface area contributed by atoms with Gasteiger partial charge in [-0.1, -0.05) is 19.1 Å². The highest BCUT2D eigenvalue weighted by Crippen LogP contribution is 2.16. The van der Waals surface area contributed by atoms with Gasteiger partial charge in [0.25, 0.3) is 10.1 Å². The quantitative estimate of drug-likeness (QED) is 0.376. The van der Waals surface area contributed by atoms with Crippen molar-refractivity contribution in [2.45, 2.75) is 31.1 Å². The van der Waals surface area contributed by atoms with Gasteiger partial charge in [-0.05, 0) is 37.1 Å². The SMILES string of the molecule is CCC=CCCC(=O)Oc1ccc(S(=O)(=O)O)cc1. The summed E-state index contributed by atoms with van der Waals surface area (Å²) in [6.45, 7) is 2.01. The fraction of sp³-hybridized carbons (Fsp3) is 0.308. The Kier molecular flexibility index (Phi) is 5.72. The first-order valence-corrected chi connectivity index (χ1v) is 7.30. The van der Waals surface area contributed by atoms with Crippen molar-refractivity contribution < 1.29 is 22.5 Å². The van der Waals surface area contributed by atoms with Crippen molar-refractivity contribution in [3.8, 4) is 5.75 Å². The summed E-state index contributed by atoms with van der Waals surface area (Å²) in [6.07, 6.45) is 5.66. The molecular weight excluding hydrogens is 268 g/mol. The Morgan fingerprint density at radius 2 is 1.89 bits per heavy atom. The van der Waals surface area contributed by atoms with Crippen LogP contribution in [-0.2, 0) is 14.9 Å². The number of hydrogen-bond donors (Lipinski definition) is 1. The molecule has 19 heavy (non-hydrogen) atoms. The topological polar surface area (TPSA) is 80.7 Å². The molecule has 0 amide bonds. The van der Waals surface area contributed by atoms with E-state index < -0.39 is 10.1 Å². The van der Waals surface area contributed by atoms with Crippen LogP contribution in [0, 0.1) is 0 Å². The number of carbonyl (C=O) groups is 1. The van der Waals surface area contributed by atoms with Gasteiger partial charge >= 0.3 is 5.97 Å². The molecule has 0 heterocycles. The van der Waals surface area contributed by atoms with Crippen molar-refractivity contribution in [1.82, 2.24) is 0 Å². The molecule has 0 spiro atoms. The molecule has 1 rings (SSSR count). The van der Waals surface area contributed by atoms with Crippen molar-refractivity contribution in [3.63, 3.8) is 0 Å². The van der Waals surface area contributed by atoms with E-state index in [1.54, 1.807) is 0 Å². The van der Waals surface area contributed by atoms with E-state index in [-0.39, 0.29) is 23.0 Å². The fourth-order valence-corrected chi connectivity index (χ4v) is 1.83. The molecule has 0 radical (unpaired) electrons. The third-order valence-corrected chi connectivity index (χ3v) is 3.14. The lowest BCUT2D eigenvalue weighted by Gasteiger charge is -2.03. The summed E-state index contributed by atoms with van der Waals surface area (Å²) in [4.78, 5) is 11.2. The molecule has 1 aromatic carbocycles. The zero-order valence-electron chi connectivity index (χ0n) is 10.6. The number of allylic oxidation sites excluding steroid dienone is 2. The maximum absolute atomic E-state index is 11.4. The second-order valence-electron chi connectivity index (χ2n) is 3.84. The standard InChI is InChI=1S/C13H16O5S/c1-2-3-4-5-6-13(14)18-11-7-9-12(10-8-11)19(15,16)17/h3-4,7-10H,2,5-6H2,1H3,(H,15,16,17). The predicted octanol–water partition coefficient (Wildman–Crippen LogP) is 2.59. The van der Waals surface area contributed by atoms with Gasteiger partial charge < -0.3 is 4.74 Å². The summed E-state index contributed by atoms with van der Waals surface area (Å²) in [5.41, 5.74) is 0. The molecule has 0 unspecified atom stereocenters. The van der Waals surface area contributed by atoms with Gasteiger partial charge in [0, 0.05) is 6.42 Å². The summed E-state index contributed by atoms with van der Waals surface area (Å²) in [5.74, 6) is -0.141. The van der Waals surface area contributed by atoms with Gasteiger partial charge in [0.2, 0.25) is 0 Å². The van der Waals surface area contributed by atoms with Gasteiger partial charge in [0.05, 0.1) is 4.90 Å². The largest absolute Gasteiger partial charge is 0.427 e. The third kappa shape index (κ3) is 5.67. The molecule has 5 nitrogen and oxygen atoms in total. The number of esters is 1. The Morgan fingerprint density at radius 3 is 2.42 bits per heavy atom. The van der Waals surface area contributed by atoms with Crippen molar-refractivity contribution in [2.24, 2.45) is 0 Å². The van der Waals surface area contributed by atoms with Gasteiger partial charge in [-0.2, -0.15) is 8.42 Å². The van der Waals surface area contributed by atoms with E-state index in [1.165, 1.54) is 24.3 Å². The molecule has 6 heteroatoms. The van der Waals surface area contributed by atoms with Crippen LogP contribution < -0.4 is 4.74 Å². The highest BCUT2D eigenvalue weighted by Gasteiger charge is 2.10. The molecule has 0 aliphatic heterocycles. The minimum atomic E-state index is -4.22. The second kappa shape index (κ2) is 7.06. The zero-order valence-corrected chi connectivity index (χ0v) is 11.4. The number of benzene rings is 1. The highest BCUT2D eigenvalue weighted by atomic mass is 32.2. The minimum absolute atomic E-state index is 0.238. The van der Waals surface area contributed by atoms with E-state index in [1.807, 2.05) is 19.1 Å². The number of rotatable bonds is 6. The smallest absolute Gasteiger partial charge is 0.311 e. The van der Waals surface area contributed by atoms with Crippen LogP contribution >= 0.6 is 0 Å². The van der Waals surface area contributed by atoms with Gasteiger partial charge in [0.15, 0.2) is 0 Å². The number of carbonyl (C=O) groups excluding carboxylic acids is 1. The Labute approximate surface area is 112 Å². The molecular formula is C13H16O5S. The van der Waals surface area contributed by atoms with Gasteiger partial charge in [-0.25, -0.2) is 0 Å². The predicted molar refractivity (Wildman–Crippen MR) is 70.6 cm³/mol. The van der Waals surface area contributed by atoms with Crippen LogP contribution in [0.4, 0.5) is 0 Å². The molecule has 0 fully saturated rings. The summed E-state index contributed by atoms with van der Waals surface area (Å²) < 4.78 is 35.4. The second-order valence-corrected chi connectivity index (χ2v) is 5.26. The lowest BCUT2D eigenvalue weighted by molar-refractivity contribution is -0.134. The fourth-order valence-electron chi connectivity index (χ4n) is 1.35. The summed E-state index contributed by atoms with van der Waals surface area (Å²) in [6, 6.07) is 5.00. The van der Waals surface area contributed by atoms with Crippen LogP contribution in [-0.4, -0.2) is 18.9 Å². The van der Waals surface area contributed by atoms with Crippen LogP contribution in [0.5, 0.6) is 5.75 Å². The molecule has 1 aromatic rings. The van der Waals surface area contributed by atoms with Crippen molar-refractivity contribution in [2.75, 3.05) is 0 Å². The van der Waals surface area contributed by atoms with E-state index in [2.05, 4.69) is 0 Å². The van der Waals surface area contributed by atoms with Crippen LogP contribution in [0.1, 0.15) is 26.2 Å². The van der Waals surface area contributed by atoms with E-state index in [0.717, 1.165) is 6.42 Å². The van der Waals surface area contributed by atoms with E-state index in [4.69, 9.17) is 9.29 Å². The molecule has 0 aromatic heterocycles. The average molecular weight is 284 g/mol. The van der Waals surface area contributed by atoms with Crippen molar-refractivity contribution >= 4 is 16.1 Å². The van der Waals surface area contributed by atoms with Crippen molar-refractivity contribution in [3.05, 3.63) is 36.4 Å². The third-order valence-electron chi connectivity index (χ3n) is 2.27. The summed E-state index contributed by atoms with van der Waals surface area (Å²) >= 11 is 0. The molecule has 0 saturated heterocycles. The van der Waals surface area contributed by atoms with Gasteiger partial charge in [-0.15, -0.1) is 0 Å². The van der Waals surface area contributed by atoms with E-state index >= 15 is 0 Å². The molecule has 0 aliphatic carbocycles. The van der Waals surface area contributed by atoms with E-state index in [9.17, 15) is 13.2 Å². The maximum atomic E-state index is 11.4.